The van der Waals surface area contributed by atoms with Crippen LogP contribution in [0.3, 0.4) is 0 Å². The molecule has 1 amide bonds. The summed E-state index contributed by atoms with van der Waals surface area (Å²) >= 11 is 0. The van der Waals surface area contributed by atoms with Gasteiger partial charge in [-0.3, -0.25) is 9.59 Å². The second-order valence-corrected chi connectivity index (χ2v) is 4.24. The fourth-order valence-electron chi connectivity index (χ4n) is 2.30. The molecule has 2 heterocycles. The molecule has 0 saturated heterocycles. The van der Waals surface area contributed by atoms with Gasteiger partial charge in [0.15, 0.2) is 0 Å². The summed E-state index contributed by atoms with van der Waals surface area (Å²) < 4.78 is 1.71. The number of nitrogens with zero attached hydrogens (tertiary/aromatic N) is 2. The molecule has 0 spiro atoms. The SMILES string of the molecule is CNC(=O)Cn1c2ccccc2c2cn[nH]c(=O)c21. The highest BCUT2D eigenvalue weighted by atomic mass is 16.2. The second-order valence-electron chi connectivity index (χ2n) is 4.24. The van der Waals surface area contributed by atoms with Gasteiger partial charge in [0.2, 0.25) is 5.91 Å². The molecular weight excluding hydrogens is 244 g/mol. The summed E-state index contributed by atoms with van der Waals surface area (Å²) in [5.74, 6) is -0.154. The number of benzene rings is 1. The zero-order valence-electron chi connectivity index (χ0n) is 10.3. The van der Waals surface area contributed by atoms with E-state index in [-0.39, 0.29) is 18.0 Å². The fourth-order valence-corrected chi connectivity index (χ4v) is 2.30. The summed E-state index contributed by atoms with van der Waals surface area (Å²) in [6.07, 6.45) is 1.61. The van der Waals surface area contributed by atoms with Crippen LogP contribution in [0.1, 0.15) is 0 Å². The Labute approximate surface area is 108 Å². The lowest BCUT2D eigenvalue weighted by atomic mass is 10.2. The summed E-state index contributed by atoms with van der Waals surface area (Å²) in [4.78, 5) is 23.6. The van der Waals surface area contributed by atoms with Gasteiger partial charge in [0, 0.05) is 23.3 Å². The number of H-pyrrole nitrogens is 1. The van der Waals surface area contributed by atoms with Crippen molar-refractivity contribution in [1.29, 1.82) is 0 Å². The Balaban J connectivity index is 2.44. The van der Waals surface area contributed by atoms with Crippen LogP contribution in [-0.4, -0.2) is 27.7 Å². The Kier molecular flexibility index (Phi) is 2.56. The molecule has 3 rings (SSSR count). The van der Waals surface area contributed by atoms with E-state index < -0.39 is 0 Å². The number of nitrogens with one attached hydrogen (secondary N) is 2. The standard InChI is InChI=1S/C13H12N4O2/c1-14-11(18)7-17-10-5-3-2-4-8(10)9-6-15-16-13(19)12(9)17/h2-6H,7H2,1H3,(H,14,18)(H,16,19). The van der Waals surface area contributed by atoms with Crippen LogP contribution in [0.2, 0.25) is 0 Å². The number of para-hydroxylation sites is 1. The lowest BCUT2D eigenvalue weighted by Crippen LogP contribution is -2.24. The van der Waals surface area contributed by atoms with E-state index in [1.54, 1.807) is 17.8 Å². The first kappa shape index (κ1) is 11.5. The minimum atomic E-state index is -0.294. The molecule has 0 radical (unpaired) electrons. The topological polar surface area (TPSA) is 79.8 Å². The van der Waals surface area contributed by atoms with Crippen molar-refractivity contribution in [1.82, 2.24) is 20.1 Å². The number of aromatic amines is 1. The van der Waals surface area contributed by atoms with Crippen LogP contribution in [0.4, 0.5) is 0 Å². The summed E-state index contributed by atoms with van der Waals surface area (Å²) in [5, 5.41) is 10.5. The van der Waals surface area contributed by atoms with E-state index in [1.165, 1.54) is 0 Å². The molecule has 19 heavy (non-hydrogen) atoms. The Hall–Kier alpha value is -2.63. The normalized spacial score (nSPS) is 11.0. The highest BCUT2D eigenvalue weighted by molar-refractivity contribution is 6.07. The molecule has 6 heteroatoms. The molecule has 2 N–H and O–H groups in total. The van der Waals surface area contributed by atoms with E-state index in [0.29, 0.717) is 5.52 Å². The lowest BCUT2D eigenvalue weighted by molar-refractivity contribution is -0.121. The molecule has 0 saturated carbocycles. The van der Waals surface area contributed by atoms with Gasteiger partial charge in [-0.25, -0.2) is 5.10 Å². The van der Waals surface area contributed by atoms with Gasteiger partial charge in [0.05, 0.1) is 6.20 Å². The zero-order valence-corrected chi connectivity index (χ0v) is 10.3. The third-order valence-corrected chi connectivity index (χ3v) is 3.17. The number of amides is 1. The fraction of sp³-hybridized carbons (Fsp3) is 0.154. The van der Waals surface area contributed by atoms with Gasteiger partial charge in [-0.15, -0.1) is 0 Å². The molecule has 0 unspecified atom stereocenters. The van der Waals surface area contributed by atoms with Gasteiger partial charge in [-0.1, -0.05) is 18.2 Å². The van der Waals surface area contributed by atoms with Crippen LogP contribution in [0.5, 0.6) is 0 Å². The first-order valence-corrected chi connectivity index (χ1v) is 5.87. The third-order valence-electron chi connectivity index (χ3n) is 3.17. The molecule has 0 aliphatic rings. The number of aromatic nitrogens is 3. The van der Waals surface area contributed by atoms with E-state index in [0.717, 1.165) is 16.3 Å². The smallest absolute Gasteiger partial charge is 0.288 e. The number of carbonyl (C=O) groups excluding carboxylic acids is 1. The van der Waals surface area contributed by atoms with Crippen molar-refractivity contribution in [3.63, 3.8) is 0 Å². The van der Waals surface area contributed by atoms with Crippen LogP contribution in [0.15, 0.2) is 35.3 Å². The van der Waals surface area contributed by atoms with E-state index in [9.17, 15) is 9.59 Å². The number of rotatable bonds is 2. The number of hydrogen-bond donors (Lipinski definition) is 2. The van der Waals surface area contributed by atoms with Gasteiger partial charge in [0.1, 0.15) is 12.1 Å². The predicted octanol–water partition coefficient (Wildman–Crippen LogP) is 0.624. The van der Waals surface area contributed by atoms with Crippen LogP contribution in [-0.2, 0) is 11.3 Å². The minimum absolute atomic E-state index is 0.105. The van der Waals surface area contributed by atoms with Crippen molar-refractivity contribution in [2.24, 2.45) is 0 Å². The Morgan fingerprint density at radius 1 is 1.37 bits per heavy atom. The summed E-state index contributed by atoms with van der Waals surface area (Å²) in [6, 6.07) is 7.58. The summed E-state index contributed by atoms with van der Waals surface area (Å²) in [5.41, 5.74) is 1.03. The summed E-state index contributed by atoms with van der Waals surface area (Å²) in [7, 11) is 1.57. The van der Waals surface area contributed by atoms with Crippen LogP contribution < -0.4 is 10.9 Å². The van der Waals surface area contributed by atoms with Crippen LogP contribution in [0, 0.1) is 0 Å². The molecule has 6 nitrogen and oxygen atoms in total. The molecule has 3 aromatic rings. The molecule has 0 bridgehead atoms. The predicted molar refractivity (Wildman–Crippen MR) is 71.9 cm³/mol. The van der Waals surface area contributed by atoms with Crippen molar-refractivity contribution in [3.8, 4) is 0 Å². The molecule has 0 aliphatic heterocycles. The molecule has 0 atom stereocenters. The largest absolute Gasteiger partial charge is 0.358 e. The van der Waals surface area contributed by atoms with Gasteiger partial charge in [0.25, 0.3) is 5.56 Å². The third kappa shape index (κ3) is 1.69. The van der Waals surface area contributed by atoms with Gasteiger partial charge < -0.3 is 9.88 Å². The monoisotopic (exact) mass is 256 g/mol. The van der Waals surface area contributed by atoms with E-state index >= 15 is 0 Å². The maximum absolute atomic E-state index is 12.0. The van der Waals surface area contributed by atoms with E-state index in [2.05, 4.69) is 15.5 Å². The highest BCUT2D eigenvalue weighted by Gasteiger charge is 2.14. The van der Waals surface area contributed by atoms with Crippen LogP contribution in [0.25, 0.3) is 21.8 Å². The molecule has 0 fully saturated rings. The number of fused-ring (bicyclic) bond motifs is 3. The van der Waals surface area contributed by atoms with Gasteiger partial charge >= 0.3 is 0 Å². The molecule has 2 aromatic heterocycles. The average Bonchev–Trinajstić information content (AvgIpc) is 2.75. The van der Waals surface area contributed by atoms with Crippen molar-refractivity contribution in [2.45, 2.75) is 6.54 Å². The Morgan fingerprint density at radius 2 is 2.16 bits per heavy atom. The van der Waals surface area contributed by atoms with Crippen molar-refractivity contribution >= 4 is 27.7 Å². The maximum Gasteiger partial charge on any atom is 0.288 e. The summed E-state index contributed by atoms with van der Waals surface area (Å²) in [6.45, 7) is 0.105. The van der Waals surface area contributed by atoms with E-state index in [1.807, 2.05) is 24.3 Å². The van der Waals surface area contributed by atoms with Gasteiger partial charge in [-0.05, 0) is 6.07 Å². The number of likely N-dealkylation sites (N-methyl/N-ethyl adjacent to an activating group) is 1. The quantitative estimate of drug-likeness (QED) is 0.705. The number of carbonyl (C=O) groups is 1. The second kappa shape index (κ2) is 4.24. The number of hydrogen-bond acceptors (Lipinski definition) is 3. The minimum Gasteiger partial charge on any atom is -0.358 e. The van der Waals surface area contributed by atoms with Crippen molar-refractivity contribution < 1.29 is 4.79 Å². The van der Waals surface area contributed by atoms with E-state index in [4.69, 9.17) is 0 Å². The maximum atomic E-state index is 12.0. The van der Waals surface area contributed by atoms with Gasteiger partial charge in [-0.2, -0.15) is 5.10 Å². The molecule has 96 valence electrons. The van der Waals surface area contributed by atoms with Crippen molar-refractivity contribution in [2.75, 3.05) is 7.05 Å². The Bertz CT molecular complexity index is 831. The molecule has 1 aromatic carbocycles. The average molecular weight is 256 g/mol. The first-order valence-electron chi connectivity index (χ1n) is 5.87. The lowest BCUT2D eigenvalue weighted by Gasteiger charge is -2.05. The molecule has 0 aliphatic carbocycles. The first-order chi connectivity index (χ1) is 9.22. The van der Waals surface area contributed by atoms with Crippen LogP contribution >= 0.6 is 0 Å². The van der Waals surface area contributed by atoms with Crippen molar-refractivity contribution in [3.05, 3.63) is 40.8 Å². The Morgan fingerprint density at radius 3 is 2.95 bits per heavy atom. The zero-order chi connectivity index (χ0) is 13.4. The molecular formula is C13H12N4O2. The highest BCUT2D eigenvalue weighted by Crippen LogP contribution is 2.25.